The largest absolute Gasteiger partial charge is 0.322 e. The zero-order valence-electron chi connectivity index (χ0n) is 18.1. The van der Waals surface area contributed by atoms with Crippen LogP contribution in [-0.2, 0) is 4.79 Å². The van der Waals surface area contributed by atoms with Crippen LogP contribution in [0.1, 0.15) is 32.1 Å². The lowest BCUT2D eigenvalue weighted by Gasteiger charge is -2.09. The first-order valence-corrected chi connectivity index (χ1v) is 10.2. The van der Waals surface area contributed by atoms with Gasteiger partial charge in [-0.15, -0.1) is 0 Å². The van der Waals surface area contributed by atoms with Gasteiger partial charge in [0.2, 0.25) is 0 Å². The predicted molar refractivity (Wildman–Crippen MR) is 125 cm³/mol. The van der Waals surface area contributed by atoms with E-state index in [-0.39, 0.29) is 11.5 Å². The van der Waals surface area contributed by atoms with Crippen LogP contribution in [0, 0.1) is 13.8 Å². The van der Waals surface area contributed by atoms with E-state index in [1.165, 1.54) is 12.4 Å². The molecule has 2 heterocycles. The predicted octanol–water partition coefficient (Wildman–Crippen LogP) is 3.96. The highest BCUT2D eigenvalue weighted by atomic mass is 16.2. The maximum atomic E-state index is 12.9. The highest BCUT2D eigenvalue weighted by molar-refractivity contribution is 6.47. The summed E-state index contributed by atoms with van der Waals surface area (Å²) in [6, 6.07) is 19.2. The van der Waals surface area contributed by atoms with Gasteiger partial charge in [0, 0.05) is 29.3 Å². The quantitative estimate of drug-likeness (QED) is 0.349. The number of carbonyl (C=O) groups excluding carboxylic acids is 3. The number of carbonyl (C=O) groups is 3. The molecular formula is C25H21N5O3. The Morgan fingerprint density at radius 3 is 2.18 bits per heavy atom. The Labute approximate surface area is 190 Å². The highest BCUT2D eigenvalue weighted by Gasteiger charge is 2.25. The smallest absolute Gasteiger partial charge is 0.296 e. The monoisotopic (exact) mass is 439 g/mol. The molecule has 0 bridgehead atoms. The van der Waals surface area contributed by atoms with Crippen molar-refractivity contribution >= 4 is 29.0 Å². The van der Waals surface area contributed by atoms with Crippen LogP contribution in [0.4, 0.5) is 11.4 Å². The number of ketones is 1. The minimum Gasteiger partial charge on any atom is -0.322 e. The first-order chi connectivity index (χ1) is 15.9. The summed E-state index contributed by atoms with van der Waals surface area (Å²) >= 11 is 0. The van der Waals surface area contributed by atoms with Crippen LogP contribution < -0.4 is 10.6 Å². The summed E-state index contributed by atoms with van der Waals surface area (Å²) in [6.45, 7) is 3.45. The Morgan fingerprint density at radius 1 is 0.818 bits per heavy atom. The fourth-order valence-electron chi connectivity index (χ4n) is 3.47. The third-order valence-corrected chi connectivity index (χ3v) is 5.05. The van der Waals surface area contributed by atoms with Gasteiger partial charge in [-0.3, -0.25) is 19.4 Å². The first-order valence-electron chi connectivity index (χ1n) is 10.2. The molecule has 0 aliphatic rings. The summed E-state index contributed by atoms with van der Waals surface area (Å²) in [5.41, 5.74) is 3.43. The zero-order valence-corrected chi connectivity index (χ0v) is 18.1. The number of aromatic nitrogens is 3. The Bertz CT molecular complexity index is 1330. The minimum atomic E-state index is -0.786. The van der Waals surface area contributed by atoms with E-state index in [2.05, 4.69) is 20.7 Å². The van der Waals surface area contributed by atoms with E-state index < -0.39 is 11.7 Å². The molecule has 0 aliphatic carbocycles. The van der Waals surface area contributed by atoms with Gasteiger partial charge in [0.05, 0.1) is 22.6 Å². The molecule has 0 saturated carbocycles. The van der Waals surface area contributed by atoms with Crippen LogP contribution in [0.15, 0.2) is 79.1 Å². The third kappa shape index (κ3) is 4.69. The summed E-state index contributed by atoms with van der Waals surface area (Å²) in [6.07, 6.45) is 3.06. The SMILES string of the molecule is Cc1nn(-c2ccccc2)c(C)c1C(=O)C(=O)Nc1cccc(NC(=O)c2ccncc2)c1. The molecule has 0 saturated heterocycles. The van der Waals surface area contributed by atoms with Gasteiger partial charge in [-0.2, -0.15) is 5.10 Å². The zero-order chi connectivity index (χ0) is 23.4. The standard InChI is InChI=1S/C25H21N5O3/c1-16-22(17(2)30(29-16)21-9-4-3-5-10-21)23(31)25(33)28-20-8-6-7-19(15-20)27-24(32)18-11-13-26-14-12-18/h3-15H,1-2H3,(H,27,32)(H,28,33). The second kappa shape index (κ2) is 9.27. The maximum Gasteiger partial charge on any atom is 0.296 e. The number of nitrogens with zero attached hydrogens (tertiary/aromatic N) is 3. The summed E-state index contributed by atoms with van der Waals surface area (Å²) in [5, 5.41) is 9.80. The Hall–Kier alpha value is -4.59. The van der Waals surface area contributed by atoms with Crippen LogP contribution in [0.2, 0.25) is 0 Å². The van der Waals surface area contributed by atoms with Gasteiger partial charge < -0.3 is 10.6 Å². The number of nitrogens with one attached hydrogen (secondary N) is 2. The molecule has 8 nitrogen and oxygen atoms in total. The Balaban J connectivity index is 1.50. The number of benzene rings is 2. The summed E-state index contributed by atoms with van der Waals surface area (Å²) in [7, 11) is 0. The lowest BCUT2D eigenvalue weighted by Crippen LogP contribution is -2.24. The average Bonchev–Trinajstić information content (AvgIpc) is 3.13. The lowest BCUT2D eigenvalue weighted by atomic mass is 10.1. The van der Waals surface area contributed by atoms with Crippen molar-refractivity contribution in [3.8, 4) is 5.69 Å². The van der Waals surface area contributed by atoms with Crippen LogP contribution in [-0.4, -0.2) is 32.4 Å². The molecule has 4 aromatic rings. The number of hydrogen-bond acceptors (Lipinski definition) is 5. The second-order valence-corrected chi connectivity index (χ2v) is 7.35. The molecule has 2 N–H and O–H groups in total. The van der Waals surface area contributed by atoms with E-state index >= 15 is 0 Å². The van der Waals surface area contributed by atoms with Crippen LogP contribution in [0.5, 0.6) is 0 Å². The molecule has 2 amide bonds. The number of anilines is 2. The fourth-order valence-corrected chi connectivity index (χ4v) is 3.47. The van der Waals surface area contributed by atoms with Crippen molar-refractivity contribution in [1.82, 2.24) is 14.8 Å². The second-order valence-electron chi connectivity index (χ2n) is 7.35. The fraction of sp³-hybridized carbons (Fsp3) is 0.0800. The molecule has 2 aromatic carbocycles. The van der Waals surface area contributed by atoms with Crippen LogP contribution >= 0.6 is 0 Å². The van der Waals surface area contributed by atoms with E-state index in [1.54, 1.807) is 54.9 Å². The van der Waals surface area contributed by atoms with Crippen molar-refractivity contribution in [2.75, 3.05) is 10.6 Å². The summed E-state index contributed by atoms with van der Waals surface area (Å²) in [4.78, 5) is 41.9. The van der Waals surface area contributed by atoms with Gasteiger partial charge in [0.15, 0.2) is 0 Å². The average molecular weight is 439 g/mol. The first kappa shape index (κ1) is 21.6. The number of rotatable bonds is 6. The van der Waals surface area contributed by atoms with Crippen molar-refractivity contribution in [3.63, 3.8) is 0 Å². The molecule has 0 fully saturated rings. The molecule has 0 aliphatic heterocycles. The minimum absolute atomic E-state index is 0.262. The summed E-state index contributed by atoms with van der Waals surface area (Å²) in [5.74, 6) is -1.78. The normalized spacial score (nSPS) is 10.5. The molecule has 0 radical (unpaired) electrons. The van der Waals surface area contributed by atoms with Crippen LogP contribution in [0.3, 0.4) is 0 Å². The van der Waals surface area contributed by atoms with Crippen molar-refractivity contribution < 1.29 is 14.4 Å². The molecule has 164 valence electrons. The molecule has 4 rings (SSSR count). The van der Waals surface area contributed by atoms with E-state index in [0.29, 0.717) is 28.3 Å². The third-order valence-electron chi connectivity index (χ3n) is 5.05. The van der Waals surface area contributed by atoms with Crippen molar-refractivity contribution in [2.45, 2.75) is 13.8 Å². The van der Waals surface area contributed by atoms with Crippen molar-refractivity contribution in [1.29, 1.82) is 0 Å². The van der Waals surface area contributed by atoms with E-state index in [9.17, 15) is 14.4 Å². The van der Waals surface area contributed by atoms with Gasteiger partial charge in [-0.1, -0.05) is 24.3 Å². The number of hydrogen-bond donors (Lipinski definition) is 2. The van der Waals surface area contributed by atoms with Gasteiger partial charge >= 0.3 is 0 Å². The number of Topliss-reactive ketones (excluding diaryl/α,β-unsaturated/α-hetero) is 1. The van der Waals surface area contributed by atoms with Crippen molar-refractivity contribution in [3.05, 3.63) is 102 Å². The molecule has 0 spiro atoms. The molecule has 0 unspecified atom stereocenters. The van der Waals surface area contributed by atoms with Crippen molar-refractivity contribution in [2.24, 2.45) is 0 Å². The molecule has 33 heavy (non-hydrogen) atoms. The number of pyridine rings is 1. The topological polar surface area (TPSA) is 106 Å². The number of amides is 2. The molecule has 2 aromatic heterocycles. The summed E-state index contributed by atoms with van der Waals surface area (Å²) < 4.78 is 1.64. The molecule has 0 atom stereocenters. The Kier molecular flexibility index (Phi) is 6.08. The van der Waals surface area contributed by atoms with Crippen LogP contribution in [0.25, 0.3) is 5.69 Å². The molecule has 8 heteroatoms. The maximum absolute atomic E-state index is 12.9. The highest BCUT2D eigenvalue weighted by Crippen LogP contribution is 2.20. The Morgan fingerprint density at radius 2 is 1.48 bits per heavy atom. The van der Waals surface area contributed by atoms with E-state index in [4.69, 9.17) is 0 Å². The number of aryl methyl sites for hydroxylation is 1. The van der Waals surface area contributed by atoms with E-state index in [0.717, 1.165) is 5.69 Å². The number of para-hydroxylation sites is 1. The van der Waals surface area contributed by atoms with Gasteiger partial charge in [0.1, 0.15) is 0 Å². The van der Waals surface area contributed by atoms with Gasteiger partial charge in [-0.25, -0.2) is 4.68 Å². The molecular weight excluding hydrogens is 418 g/mol. The van der Waals surface area contributed by atoms with Gasteiger partial charge in [-0.05, 0) is 56.3 Å². The van der Waals surface area contributed by atoms with Gasteiger partial charge in [0.25, 0.3) is 17.6 Å². The lowest BCUT2D eigenvalue weighted by molar-refractivity contribution is -0.112. The van der Waals surface area contributed by atoms with E-state index in [1.807, 2.05) is 30.3 Å².